The maximum atomic E-state index is 2.29. The molecule has 270 valence electrons. The number of aryl methyl sites for hydroxylation is 2. The molecule has 6 heteroatoms. The first-order valence-electron chi connectivity index (χ1n) is 18.4. The molecule has 4 aromatic carbocycles. The largest absolute Gasteiger partial charge is 0.134 e. The van der Waals surface area contributed by atoms with Crippen molar-refractivity contribution in [2.24, 2.45) is 0 Å². The van der Waals surface area contributed by atoms with Crippen LogP contribution in [0.25, 0.3) is 91.9 Å². The molecule has 0 fully saturated rings. The lowest BCUT2D eigenvalue weighted by atomic mass is 10.0. The van der Waals surface area contributed by atoms with Crippen LogP contribution >= 0.6 is 68.0 Å². The van der Waals surface area contributed by atoms with Crippen molar-refractivity contribution >= 4 is 68.0 Å². The van der Waals surface area contributed by atoms with E-state index in [-0.39, 0.29) is 0 Å². The zero-order valence-electron chi connectivity index (χ0n) is 30.6. The molecule has 56 heavy (non-hydrogen) atoms. The number of benzene rings is 4. The topological polar surface area (TPSA) is 0 Å². The molecule has 0 saturated heterocycles. The molecule has 10 aromatic rings. The first-order valence-corrected chi connectivity index (χ1v) is 23.3. The van der Waals surface area contributed by atoms with Gasteiger partial charge in [-0.05, 0) is 120 Å². The van der Waals surface area contributed by atoms with Gasteiger partial charge in [0.05, 0.1) is 0 Å². The molecular formula is C50H34S6. The molecule has 6 heterocycles. The molecule has 10 rings (SSSR count). The minimum atomic E-state index is 1.25. The fourth-order valence-electron chi connectivity index (χ4n) is 6.81. The molecule has 0 nitrogen and oxygen atoms in total. The third-order valence-electron chi connectivity index (χ3n) is 9.96. The number of hydrogen-bond acceptors (Lipinski definition) is 6. The van der Waals surface area contributed by atoms with Crippen LogP contribution in [0.2, 0.25) is 0 Å². The molecule has 0 bridgehead atoms. The molecule has 0 atom stereocenters. The van der Waals surface area contributed by atoms with Crippen LogP contribution < -0.4 is 0 Å². The molecule has 0 N–H and O–H groups in total. The summed E-state index contributed by atoms with van der Waals surface area (Å²) in [6.07, 6.45) is 0. The van der Waals surface area contributed by atoms with Gasteiger partial charge in [-0.2, -0.15) is 0 Å². The van der Waals surface area contributed by atoms with Crippen LogP contribution in [0.15, 0.2) is 170 Å². The van der Waals surface area contributed by atoms with Crippen LogP contribution in [0.1, 0.15) is 11.1 Å². The summed E-state index contributed by atoms with van der Waals surface area (Å²) >= 11 is 11.3. The highest BCUT2D eigenvalue weighted by molar-refractivity contribution is 7.30. The standard InChI is InChI=1S/C50H34S6/c1-31-3-7-33(8-4-31)35-11-15-37(16-12-35)39-19-21-41(51-39)43-23-25-45(53-43)47-27-29-49(55-47)50-30-28-48(56-50)46-26-24-44(54-46)42-22-20-40(52-42)38-17-13-36(14-18-38)34-9-5-32(2)6-10-34/h3-30H,1-2H3. The Morgan fingerprint density at radius 3 is 0.571 bits per heavy atom. The van der Waals surface area contributed by atoms with E-state index in [9.17, 15) is 0 Å². The molecule has 6 aromatic heterocycles. The quantitative estimate of drug-likeness (QED) is 0.136. The van der Waals surface area contributed by atoms with Crippen molar-refractivity contribution in [1.82, 2.24) is 0 Å². The Kier molecular flexibility index (Phi) is 9.63. The fraction of sp³-hybridized carbons (Fsp3) is 0.0400. The van der Waals surface area contributed by atoms with Gasteiger partial charge in [0.1, 0.15) is 0 Å². The van der Waals surface area contributed by atoms with Crippen molar-refractivity contribution in [1.29, 1.82) is 0 Å². The third-order valence-corrected chi connectivity index (χ3v) is 17.5. The van der Waals surface area contributed by atoms with Gasteiger partial charge in [-0.25, -0.2) is 0 Å². The molecule has 0 spiro atoms. The van der Waals surface area contributed by atoms with E-state index in [4.69, 9.17) is 0 Å². The summed E-state index contributed by atoms with van der Waals surface area (Å²) in [5.41, 5.74) is 10.1. The molecule has 0 aliphatic heterocycles. The summed E-state index contributed by atoms with van der Waals surface area (Å²) in [7, 11) is 0. The van der Waals surface area contributed by atoms with E-state index in [0.717, 1.165) is 0 Å². The van der Waals surface area contributed by atoms with Gasteiger partial charge in [-0.15, -0.1) is 68.0 Å². The Morgan fingerprint density at radius 1 is 0.179 bits per heavy atom. The van der Waals surface area contributed by atoms with Crippen LogP contribution in [-0.2, 0) is 0 Å². The molecule has 0 aliphatic rings. The van der Waals surface area contributed by atoms with Crippen molar-refractivity contribution in [3.05, 3.63) is 181 Å². The second-order valence-corrected chi connectivity index (χ2v) is 20.4. The lowest BCUT2D eigenvalue weighted by Crippen LogP contribution is -1.79. The van der Waals surface area contributed by atoms with Gasteiger partial charge in [0.2, 0.25) is 0 Å². The molecule has 0 amide bonds. The lowest BCUT2D eigenvalue weighted by Gasteiger charge is -2.04. The highest BCUT2D eigenvalue weighted by Gasteiger charge is 2.15. The smallest absolute Gasteiger partial charge is 0.0449 e. The predicted octanol–water partition coefficient (Wildman–Crippen LogP) is 17.7. The van der Waals surface area contributed by atoms with Crippen molar-refractivity contribution < 1.29 is 0 Å². The Bertz CT molecular complexity index is 2700. The maximum absolute atomic E-state index is 2.29. The highest BCUT2D eigenvalue weighted by atomic mass is 32.1. The summed E-state index contributed by atoms with van der Waals surface area (Å²) in [5, 5.41) is 0. The van der Waals surface area contributed by atoms with E-state index >= 15 is 0 Å². The van der Waals surface area contributed by atoms with Gasteiger partial charge < -0.3 is 0 Å². The maximum Gasteiger partial charge on any atom is 0.0449 e. The summed E-state index contributed by atoms with van der Waals surface area (Å²) < 4.78 is 0. The monoisotopic (exact) mass is 826 g/mol. The van der Waals surface area contributed by atoms with Crippen LogP contribution in [0, 0.1) is 13.8 Å². The molecule has 0 saturated carbocycles. The highest BCUT2D eigenvalue weighted by Crippen LogP contribution is 2.47. The first kappa shape index (κ1) is 35.5. The van der Waals surface area contributed by atoms with Gasteiger partial charge in [-0.1, -0.05) is 108 Å². The van der Waals surface area contributed by atoms with Gasteiger partial charge >= 0.3 is 0 Å². The van der Waals surface area contributed by atoms with E-state index < -0.39 is 0 Å². The number of hydrogen-bond donors (Lipinski definition) is 0. The summed E-state index contributed by atoms with van der Waals surface area (Å²) in [5.74, 6) is 0. The van der Waals surface area contributed by atoms with E-state index in [2.05, 4.69) is 184 Å². The van der Waals surface area contributed by atoms with Gasteiger partial charge in [0.25, 0.3) is 0 Å². The van der Waals surface area contributed by atoms with Crippen molar-refractivity contribution in [3.8, 4) is 91.9 Å². The van der Waals surface area contributed by atoms with E-state index in [0.29, 0.717) is 0 Å². The third kappa shape index (κ3) is 7.25. The van der Waals surface area contributed by atoms with Crippen molar-refractivity contribution in [3.63, 3.8) is 0 Å². The van der Waals surface area contributed by atoms with Gasteiger partial charge in [0.15, 0.2) is 0 Å². The molecular weight excluding hydrogens is 793 g/mol. The first-order chi connectivity index (χ1) is 27.5. The fourth-order valence-corrected chi connectivity index (χ4v) is 13.3. The minimum absolute atomic E-state index is 1.25. The zero-order chi connectivity index (χ0) is 37.6. The van der Waals surface area contributed by atoms with E-state index in [1.807, 2.05) is 68.0 Å². The Morgan fingerprint density at radius 2 is 0.339 bits per heavy atom. The van der Waals surface area contributed by atoms with Crippen LogP contribution in [0.4, 0.5) is 0 Å². The van der Waals surface area contributed by atoms with Crippen LogP contribution in [0.5, 0.6) is 0 Å². The second-order valence-electron chi connectivity index (χ2n) is 13.9. The zero-order valence-corrected chi connectivity index (χ0v) is 35.5. The van der Waals surface area contributed by atoms with E-state index in [1.54, 1.807) is 0 Å². The molecule has 0 aliphatic carbocycles. The number of thiophene rings is 6. The van der Waals surface area contributed by atoms with Crippen molar-refractivity contribution in [2.75, 3.05) is 0 Å². The Hall–Kier alpha value is -4.92. The van der Waals surface area contributed by atoms with Gasteiger partial charge in [0, 0.05) is 58.5 Å². The second kappa shape index (κ2) is 15.2. The Labute approximate surface area is 352 Å². The van der Waals surface area contributed by atoms with Crippen LogP contribution in [0.3, 0.4) is 0 Å². The lowest BCUT2D eigenvalue weighted by molar-refractivity contribution is 1.47. The van der Waals surface area contributed by atoms with Crippen LogP contribution in [-0.4, -0.2) is 0 Å². The average molecular weight is 827 g/mol. The molecule has 0 radical (unpaired) electrons. The predicted molar refractivity (Wildman–Crippen MR) is 252 cm³/mol. The summed E-state index contributed by atoms with van der Waals surface area (Å²) in [6, 6.07) is 62.8. The minimum Gasteiger partial charge on any atom is -0.134 e. The van der Waals surface area contributed by atoms with E-state index in [1.165, 1.54) is 103 Å². The SMILES string of the molecule is Cc1ccc(-c2ccc(-c3ccc(-c4ccc(-c5ccc(-c6ccc(-c7ccc(-c8ccc(-c9ccc(-c%10ccc(C)cc%10)cc9)s8)s7)s6)s5)s4)s3)cc2)cc1. The summed E-state index contributed by atoms with van der Waals surface area (Å²) in [6.45, 7) is 4.26. The number of rotatable bonds is 9. The normalized spacial score (nSPS) is 11.4. The van der Waals surface area contributed by atoms with Crippen molar-refractivity contribution in [2.45, 2.75) is 13.8 Å². The molecule has 0 unspecified atom stereocenters. The average Bonchev–Trinajstić information content (AvgIpc) is 4.08. The van der Waals surface area contributed by atoms with Gasteiger partial charge in [-0.3, -0.25) is 0 Å². The Balaban J connectivity index is 0.804. The summed E-state index contributed by atoms with van der Waals surface area (Å²) in [4.78, 5) is 15.8.